The molecule has 0 N–H and O–H groups in total. The average molecular weight is 863 g/mol. The molecule has 5 aromatic carbocycles. The van der Waals surface area contributed by atoms with Crippen molar-refractivity contribution in [1.29, 1.82) is 0 Å². The second-order valence-corrected chi connectivity index (χ2v) is 20.3. The summed E-state index contributed by atoms with van der Waals surface area (Å²) in [5.41, 5.74) is 18.1. The monoisotopic (exact) mass is 862 g/mol. The van der Waals surface area contributed by atoms with E-state index < -0.39 is 0 Å². The lowest BCUT2D eigenvalue weighted by atomic mass is 9.64. The minimum absolute atomic E-state index is 0.0729. The van der Waals surface area contributed by atoms with Crippen LogP contribution in [0, 0.1) is 17.8 Å². The van der Waals surface area contributed by atoms with E-state index in [9.17, 15) is 0 Å². The standard InChI is InChI=1S/C61H50O5/c1-3-32(2)22-33-16-19-53-43(23-33)47-27-49-42(31-57(47)65-53)40(35-18-21-55-45(25-35)37-11-5-8-14-51(37)63-55)29-59-61(49)60-48-26-46-38-12-6-9-15-52(38)64-56(46)30-41(48)39(28-58(60)66-59)34-17-20-54-44(24-34)36-10-4-7-13-50(36)62-54/h6,8-9,12,14-21,23-25,27-32,42,46,49,59,61H,3-5,7,10-11,13,22,26H2,1-2H3. The Morgan fingerprint density at radius 1 is 0.727 bits per heavy atom. The van der Waals surface area contributed by atoms with Crippen LogP contribution in [-0.2, 0) is 32.1 Å². The highest BCUT2D eigenvalue weighted by Gasteiger charge is 2.49. The summed E-state index contributed by atoms with van der Waals surface area (Å²) in [6, 6.07) is 31.6. The topological polar surface area (TPSA) is 57.9 Å². The molecule has 7 aliphatic rings. The SMILES string of the molecule is CCC(C)Cc1ccc2oc3c(c2c1)=CC1C(C=3)C(c2ccc3oc4c(c3c2)CCC=C4)=CC2Oc3cc(-c4ccc5oc6c(c5c4)CCCC6)c4c(c3C21)CC1C(=C4)Oc2ccccc21. The Hall–Kier alpha value is -6.72. The second-order valence-electron chi connectivity index (χ2n) is 20.3. The van der Waals surface area contributed by atoms with Crippen LogP contribution in [0.2, 0.25) is 0 Å². The van der Waals surface area contributed by atoms with Gasteiger partial charge in [-0.25, -0.2) is 0 Å². The van der Waals surface area contributed by atoms with Crippen LogP contribution < -0.4 is 20.1 Å². The van der Waals surface area contributed by atoms with Crippen molar-refractivity contribution in [2.75, 3.05) is 0 Å². The number of rotatable bonds is 5. The Balaban J connectivity index is 0.950. The molecule has 0 radical (unpaired) electrons. The lowest BCUT2D eigenvalue weighted by Gasteiger charge is -2.38. The van der Waals surface area contributed by atoms with Gasteiger partial charge in [-0.15, -0.1) is 0 Å². The fourth-order valence-corrected chi connectivity index (χ4v) is 13.2. The van der Waals surface area contributed by atoms with Crippen LogP contribution in [0.4, 0.5) is 0 Å². The number of benzene rings is 5. The van der Waals surface area contributed by atoms with Gasteiger partial charge in [-0.2, -0.15) is 0 Å². The summed E-state index contributed by atoms with van der Waals surface area (Å²) in [5.74, 6) is 6.25. The second kappa shape index (κ2) is 13.9. The minimum Gasteiger partial charge on any atom is -0.485 e. The molecule has 0 amide bonds. The molecule has 3 aromatic heterocycles. The number of hydrogen-bond acceptors (Lipinski definition) is 5. The maximum Gasteiger partial charge on any atom is 0.135 e. The zero-order valence-corrected chi connectivity index (χ0v) is 37.4. The average Bonchev–Trinajstić information content (AvgIpc) is 4.17. The molecule has 6 atom stereocenters. The highest BCUT2D eigenvalue weighted by molar-refractivity contribution is 5.93. The predicted molar refractivity (Wildman–Crippen MR) is 263 cm³/mol. The van der Waals surface area contributed by atoms with Gasteiger partial charge in [0, 0.05) is 67.8 Å². The summed E-state index contributed by atoms with van der Waals surface area (Å²) >= 11 is 0. The molecule has 2 aliphatic heterocycles. The molecule has 6 unspecified atom stereocenters. The van der Waals surface area contributed by atoms with Gasteiger partial charge in [-0.3, -0.25) is 0 Å². The van der Waals surface area contributed by atoms with Crippen LogP contribution in [0.5, 0.6) is 11.5 Å². The van der Waals surface area contributed by atoms with Crippen LogP contribution >= 0.6 is 0 Å². The largest absolute Gasteiger partial charge is 0.485 e. The number of ether oxygens (including phenoxy) is 2. The quantitative estimate of drug-likeness (QED) is 0.173. The van der Waals surface area contributed by atoms with Gasteiger partial charge in [0.25, 0.3) is 0 Å². The Labute approximate surface area is 383 Å². The molecule has 5 aliphatic carbocycles. The number of fused-ring (bicyclic) bond motifs is 19. The smallest absolute Gasteiger partial charge is 0.135 e. The molecule has 0 saturated carbocycles. The van der Waals surface area contributed by atoms with Crippen molar-refractivity contribution in [1.82, 2.24) is 0 Å². The van der Waals surface area contributed by atoms with Crippen LogP contribution in [0.25, 0.3) is 73.9 Å². The molecule has 15 rings (SSSR count). The first-order chi connectivity index (χ1) is 32.5. The fraction of sp³-hybridized carbons (Fsp3) is 0.279. The molecular weight excluding hydrogens is 813 g/mol. The van der Waals surface area contributed by atoms with E-state index in [2.05, 4.69) is 135 Å². The van der Waals surface area contributed by atoms with Crippen molar-refractivity contribution in [3.05, 3.63) is 170 Å². The minimum atomic E-state index is -0.154. The van der Waals surface area contributed by atoms with Crippen molar-refractivity contribution in [2.24, 2.45) is 17.8 Å². The lowest BCUT2D eigenvalue weighted by Crippen LogP contribution is -2.39. The first-order valence-corrected chi connectivity index (χ1v) is 24.6. The summed E-state index contributed by atoms with van der Waals surface area (Å²) in [7, 11) is 0. The molecule has 66 heavy (non-hydrogen) atoms. The fourth-order valence-electron chi connectivity index (χ4n) is 13.2. The van der Waals surface area contributed by atoms with E-state index in [1.54, 1.807) is 0 Å². The number of para-hydroxylation sites is 1. The van der Waals surface area contributed by atoms with E-state index in [0.717, 1.165) is 90.1 Å². The Morgan fingerprint density at radius 3 is 2.50 bits per heavy atom. The van der Waals surface area contributed by atoms with E-state index in [1.807, 2.05) is 0 Å². The first kappa shape index (κ1) is 37.5. The summed E-state index contributed by atoms with van der Waals surface area (Å²) < 4.78 is 33.8. The molecule has 0 spiro atoms. The Kier molecular flexibility index (Phi) is 7.90. The first-order valence-electron chi connectivity index (χ1n) is 24.6. The number of aryl methyl sites for hydroxylation is 3. The number of furan rings is 3. The number of hydrogen-bond donors (Lipinski definition) is 0. The summed E-state index contributed by atoms with van der Waals surface area (Å²) in [6.07, 6.45) is 23.7. The molecule has 0 saturated heterocycles. The maximum absolute atomic E-state index is 7.45. The van der Waals surface area contributed by atoms with Crippen molar-refractivity contribution in [2.45, 2.75) is 89.6 Å². The van der Waals surface area contributed by atoms with E-state index in [0.29, 0.717) is 5.92 Å². The maximum atomic E-state index is 7.45. The predicted octanol–water partition coefficient (Wildman–Crippen LogP) is 13.5. The van der Waals surface area contributed by atoms with Crippen molar-refractivity contribution < 1.29 is 22.7 Å². The summed E-state index contributed by atoms with van der Waals surface area (Å²) in [6.45, 7) is 4.64. The Morgan fingerprint density at radius 2 is 1.56 bits per heavy atom. The highest BCUT2D eigenvalue weighted by atomic mass is 16.5. The third kappa shape index (κ3) is 5.40. The Bertz CT molecular complexity index is 3650. The van der Waals surface area contributed by atoms with Crippen LogP contribution in [0.15, 0.2) is 116 Å². The third-order valence-electron chi connectivity index (χ3n) is 16.6. The molecule has 0 bridgehead atoms. The third-order valence-corrected chi connectivity index (χ3v) is 16.6. The zero-order chi connectivity index (χ0) is 43.4. The normalized spacial score (nSPS) is 23.1. The van der Waals surface area contributed by atoms with Gasteiger partial charge in [0.1, 0.15) is 57.0 Å². The van der Waals surface area contributed by atoms with Gasteiger partial charge >= 0.3 is 0 Å². The van der Waals surface area contributed by atoms with Gasteiger partial charge < -0.3 is 22.7 Å². The molecule has 0 fully saturated rings. The zero-order valence-electron chi connectivity index (χ0n) is 37.4. The van der Waals surface area contributed by atoms with E-state index in [1.165, 1.54) is 101 Å². The van der Waals surface area contributed by atoms with Gasteiger partial charge in [0.2, 0.25) is 0 Å². The lowest BCUT2D eigenvalue weighted by molar-refractivity contribution is 0.223. The molecule has 5 heteroatoms. The molecular formula is C61H50O5. The highest BCUT2D eigenvalue weighted by Crippen LogP contribution is 2.59. The van der Waals surface area contributed by atoms with E-state index in [-0.39, 0.29) is 29.8 Å². The van der Waals surface area contributed by atoms with Crippen LogP contribution in [0.1, 0.15) is 107 Å². The molecule has 8 aromatic rings. The van der Waals surface area contributed by atoms with Crippen LogP contribution in [-0.4, -0.2) is 6.10 Å². The van der Waals surface area contributed by atoms with Gasteiger partial charge in [-0.05, 0) is 169 Å². The summed E-state index contributed by atoms with van der Waals surface area (Å²) in [5, 5.41) is 4.91. The van der Waals surface area contributed by atoms with E-state index in [4.69, 9.17) is 22.7 Å². The van der Waals surface area contributed by atoms with Crippen molar-refractivity contribution >= 4 is 62.8 Å². The molecule has 5 nitrogen and oxygen atoms in total. The van der Waals surface area contributed by atoms with Crippen LogP contribution in [0.3, 0.4) is 0 Å². The molecule has 5 heterocycles. The van der Waals surface area contributed by atoms with Gasteiger partial charge in [0.15, 0.2) is 0 Å². The van der Waals surface area contributed by atoms with Gasteiger partial charge in [-0.1, -0.05) is 68.8 Å². The van der Waals surface area contributed by atoms with E-state index >= 15 is 0 Å². The molecule has 324 valence electrons. The summed E-state index contributed by atoms with van der Waals surface area (Å²) in [4.78, 5) is 0. The number of allylic oxidation sites excluding steroid dienone is 3. The van der Waals surface area contributed by atoms with Crippen molar-refractivity contribution in [3.63, 3.8) is 0 Å². The van der Waals surface area contributed by atoms with Gasteiger partial charge in [0.05, 0.1) is 0 Å². The van der Waals surface area contributed by atoms with Crippen molar-refractivity contribution in [3.8, 4) is 22.6 Å².